The number of rotatable bonds is 2. The molecule has 4 nitrogen and oxygen atoms in total. The summed E-state index contributed by atoms with van der Waals surface area (Å²) in [4.78, 5) is 21.9. The molecule has 1 fully saturated rings. The van der Waals surface area contributed by atoms with E-state index in [2.05, 4.69) is 34.4 Å². The molecule has 0 radical (unpaired) electrons. The van der Waals surface area contributed by atoms with Gasteiger partial charge in [0, 0.05) is 30.2 Å². The normalized spacial score (nSPS) is 15.7. The fourth-order valence-electron chi connectivity index (χ4n) is 3.54. The van der Waals surface area contributed by atoms with Crippen LogP contribution in [0.15, 0.2) is 42.6 Å². The van der Waals surface area contributed by atoms with Gasteiger partial charge in [-0.2, -0.15) is 0 Å². The quantitative estimate of drug-likeness (QED) is 0.650. The summed E-state index contributed by atoms with van der Waals surface area (Å²) >= 11 is 12.0. The van der Waals surface area contributed by atoms with E-state index in [0.29, 0.717) is 24.0 Å². The third kappa shape index (κ3) is 3.12. The van der Waals surface area contributed by atoms with Gasteiger partial charge in [-0.05, 0) is 42.5 Å². The number of piperidine rings is 1. The van der Waals surface area contributed by atoms with E-state index in [1.807, 2.05) is 11.0 Å². The Morgan fingerprint density at radius 1 is 1.12 bits per heavy atom. The summed E-state index contributed by atoms with van der Waals surface area (Å²) in [6.07, 6.45) is 3.94. The van der Waals surface area contributed by atoms with Gasteiger partial charge in [0.25, 0.3) is 5.91 Å². The summed E-state index contributed by atoms with van der Waals surface area (Å²) in [6, 6.07) is 11.5. The van der Waals surface area contributed by atoms with Crippen molar-refractivity contribution in [3.05, 3.63) is 64.0 Å². The molecule has 0 saturated carbocycles. The maximum atomic E-state index is 12.7. The number of hydrogen-bond acceptors (Lipinski definition) is 2. The van der Waals surface area contributed by atoms with Crippen molar-refractivity contribution in [2.75, 3.05) is 13.1 Å². The number of halogens is 2. The molecule has 1 amide bonds. The van der Waals surface area contributed by atoms with Crippen molar-refractivity contribution in [2.24, 2.45) is 0 Å². The Labute approximate surface area is 155 Å². The molecule has 0 aliphatic carbocycles. The lowest BCUT2D eigenvalue weighted by atomic mass is 9.89. The van der Waals surface area contributed by atoms with Crippen LogP contribution in [0.4, 0.5) is 0 Å². The molecule has 4 rings (SSSR count). The van der Waals surface area contributed by atoms with Crippen LogP contribution < -0.4 is 0 Å². The van der Waals surface area contributed by atoms with Crippen LogP contribution in [0.1, 0.15) is 34.8 Å². The number of aromatic amines is 1. The first-order chi connectivity index (χ1) is 12.1. The van der Waals surface area contributed by atoms with E-state index in [0.717, 1.165) is 18.4 Å². The Hall–Kier alpha value is -2.04. The lowest BCUT2D eigenvalue weighted by Crippen LogP contribution is -2.38. The minimum absolute atomic E-state index is 0.148. The van der Waals surface area contributed by atoms with E-state index < -0.39 is 0 Å². The molecule has 3 aromatic rings. The van der Waals surface area contributed by atoms with Crippen LogP contribution in [0.3, 0.4) is 0 Å². The second-order valence-corrected chi connectivity index (χ2v) is 7.11. The summed E-state index contributed by atoms with van der Waals surface area (Å²) in [7, 11) is 0. The highest BCUT2D eigenvalue weighted by Gasteiger charge is 2.27. The van der Waals surface area contributed by atoms with Gasteiger partial charge in [-0.3, -0.25) is 4.79 Å². The summed E-state index contributed by atoms with van der Waals surface area (Å²) in [5.41, 5.74) is 2.73. The largest absolute Gasteiger partial charge is 0.361 e. The number of likely N-dealkylation sites (tertiary alicyclic amines) is 1. The molecule has 0 spiro atoms. The van der Waals surface area contributed by atoms with Gasteiger partial charge in [0.05, 0.1) is 5.02 Å². The van der Waals surface area contributed by atoms with E-state index in [-0.39, 0.29) is 16.8 Å². The maximum Gasteiger partial charge on any atom is 0.274 e. The van der Waals surface area contributed by atoms with Crippen LogP contribution in [-0.2, 0) is 0 Å². The first-order valence-corrected chi connectivity index (χ1v) is 9.06. The Morgan fingerprint density at radius 2 is 1.88 bits per heavy atom. The van der Waals surface area contributed by atoms with Gasteiger partial charge >= 0.3 is 0 Å². The predicted molar refractivity (Wildman–Crippen MR) is 100 cm³/mol. The molecule has 1 aromatic carbocycles. The van der Waals surface area contributed by atoms with Gasteiger partial charge in [-0.15, -0.1) is 0 Å². The zero-order chi connectivity index (χ0) is 17.4. The van der Waals surface area contributed by atoms with Crippen molar-refractivity contribution >= 4 is 40.0 Å². The lowest BCUT2D eigenvalue weighted by molar-refractivity contribution is 0.0707. The smallest absolute Gasteiger partial charge is 0.274 e. The van der Waals surface area contributed by atoms with E-state index in [1.165, 1.54) is 10.9 Å². The van der Waals surface area contributed by atoms with Crippen molar-refractivity contribution < 1.29 is 4.79 Å². The average Bonchev–Trinajstić information content (AvgIpc) is 3.07. The standard InChI is InChI=1S/C19H17Cl2N3O/c20-15-5-6-17(21)23-18(15)19(25)24-9-7-12(8-10-24)14-11-22-16-4-2-1-3-13(14)16/h1-6,11-12,22H,7-10H2. The Morgan fingerprint density at radius 3 is 2.68 bits per heavy atom. The van der Waals surface area contributed by atoms with Crippen LogP contribution in [0, 0.1) is 0 Å². The monoisotopic (exact) mass is 373 g/mol. The van der Waals surface area contributed by atoms with Crippen LogP contribution in [0.2, 0.25) is 10.2 Å². The molecule has 1 aliphatic heterocycles. The number of nitrogens with one attached hydrogen (secondary N) is 1. The second kappa shape index (κ2) is 6.70. The fourth-order valence-corrected chi connectivity index (χ4v) is 3.88. The number of hydrogen-bond donors (Lipinski definition) is 1. The Balaban J connectivity index is 1.50. The van der Waals surface area contributed by atoms with E-state index in [4.69, 9.17) is 23.2 Å². The number of H-pyrrole nitrogens is 1. The first kappa shape index (κ1) is 16.4. The van der Waals surface area contributed by atoms with Crippen LogP contribution in [0.5, 0.6) is 0 Å². The molecule has 0 unspecified atom stereocenters. The molecule has 6 heteroatoms. The van der Waals surface area contributed by atoms with Crippen molar-refractivity contribution in [2.45, 2.75) is 18.8 Å². The minimum atomic E-state index is -0.148. The van der Waals surface area contributed by atoms with Gasteiger partial charge in [-0.1, -0.05) is 41.4 Å². The molecule has 2 aromatic heterocycles. The number of carbonyl (C=O) groups excluding carboxylic acids is 1. The Bertz CT molecular complexity index is 929. The molecule has 1 aliphatic rings. The number of aromatic nitrogens is 2. The highest BCUT2D eigenvalue weighted by atomic mass is 35.5. The van der Waals surface area contributed by atoms with Gasteiger partial charge in [-0.25, -0.2) is 4.98 Å². The number of amides is 1. The Kier molecular flexibility index (Phi) is 4.40. The predicted octanol–water partition coefficient (Wildman–Crippen LogP) is 4.89. The first-order valence-electron chi connectivity index (χ1n) is 8.31. The van der Waals surface area contributed by atoms with Crippen molar-refractivity contribution in [3.8, 4) is 0 Å². The van der Waals surface area contributed by atoms with E-state index in [1.54, 1.807) is 12.1 Å². The lowest BCUT2D eigenvalue weighted by Gasteiger charge is -2.32. The highest BCUT2D eigenvalue weighted by molar-refractivity contribution is 6.34. The number of para-hydroxylation sites is 1. The molecule has 1 N–H and O–H groups in total. The molecule has 0 atom stereocenters. The van der Waals surface area contributed by atoms with E-state index in [9.17, 15) is 4.79 Å². The molecular formula is C19H17Cl2N3O. The SMILES string of the molecule is O=C(c1nc(Cl)ccc1Cl)N1CCC(c2c[nH]c3ccccc23)CC1. The zero-order valence-corrected chi connectivity index (χ0v) is 15.0. The van der Waals surface area contributed by atoms with Crippen LogP contribution >= 0.6 is 23.2 Å². The van der Waals surface area contributed by atoms with Gasteiger partial charge < -0.3 is 9.88 Å². The number of pyridine rings is 1. The van der Waals surface area contributed by atoms with Crippen molar-refractivity contribution in [3.63, 3.8) is 0 Å². The molecule has 25 heavy (non-hydrogen) atoms. The van der Waals surface area contributed by atoms with Gasteiger partial charge in [0.2, 0.25) is 0 Å². The third-order valence-corrected chi connectivity index (χ3v) is 5.37. The number of benzene rings is 1. The van der Waals surface area contributed by atoms with Gasteiger partial charge in [0.1, 0.15) is 10.8 Å². The summed E-state index contributed by atoms with van der Waals surface area (Å²) in [5, 5.41) is 1.89. The molecular weight excluding hydrogens is 357 g/mol. The fraction of sp³-hybridized carbons (Fsp3) is 0.263. The summed E-state index contributed by atoms with van der Waals surface area (Å²) in [6.45, 7) is 1.38. The van der Waals surface area contributed by atoms with E-state index >= 15 is 0 Å². The minimum Gasteiger partial charge on any atom is -0.361 e. The zero-order valence-electron chi connectivity index (χ0n) is 13.5. The maximum absolute atomic E-state index is 12.7. The summed E-state index contributed by atoms with van der Waals surface area (Å²) < 4.78 is 0. The molecule has 1 saturated heterocycles. The third-order valence-electron chi connectivity index (χ3n) is 4.86. The van der Waals surface area contributed by atoms with Crippen LogP contribution in [0.25, 0.3) is 10.9 Å². The molecule has 3 heterocycles. The highest BCUT2D eigenvalue weighted by Crippen LogP contribution is 2.33. The van der Waals surface area contributed by atoms with Crippen molar-refractivity contribution in [1.82, 2.24) is 14.9 Å². The van der Waals surface area contributed by atoms with Crippen molar-refractivity contribution in [1.29, 1.82) is 0 Å². The molecule has 128 valence electrons. The average molecular weight is 374 g/mol. The summed E-state index contributed by atoms with van der Waals surface area (Å²) in [5.74, 6) is 0.299. The van der Waals surface area contributed by atoms with Gasteiger partial charge in [0.15, 0.2) is 0 Å². The van der Waals surface area contributed by atoms with Crippen LogP contribution in [-0.4, -0.2) is 33.9 Å². The number of nitrogens with zero attached hydrogens (tertiary/aromatic N) is 2. The number of fused-ring (bicyclic) bond motifs is 1. The topological polar surface area (TPSA) is 49.0 Å². The number of carbonyl (C=O) groups is 1. The molecule has 0 bridgehead atoms. The second-order valence-electron chi connectivity index (χ2n) is 6.32.